The largest absolute Gasteiger partial charge is 0.315 e. The number of imidazole rings is 1. The molecular weight excluding hydrogens is 247 g/mol. The van der Waals surface area contributed by atoms with Crippen LogP contribution in [0, 0.1) is 5.82 Å². The van der Waals surface area contributed by atoms with E-state index in [1.54, 1.807) is 6.20 Å². The van der Waals surface area contributed by atoms with E-state index < -0.39 is 11.7 Å². The molecule has 0 aromatic carbocycles. The number of aromatic nitrogens is 3. The Morgan fingerprint density at radius 3 is 3.11 bits per heavy atom. The van der Waals surface area contributed by atoms with E-state index >= 15 is 0 Å². The molecule has 1 N–H and O–H groups in total. The number of carbonyl (C=O) groups excluding carboxylic acids is 1. The van der Waals surface area contributed by atoms with Crippen LogP contribution in [0.2, 0.25) is 0 Å². The molecule has 1 amide bonds. The SMILES string of the molecule is O=C(Nc1cnc2n1CCCC2)c1ccncc1F. The number of rotatable bonds is 2. The first-order valence-corrected chi connectivity index (χ1v) is 6.21. The van der Waals surface area contributed by atoms with Crippen molar-refractivity contribution in [1.29, 1.82) is 0 Å². The fraction of sp³-hybridized carbons (Fsp3) is 0.308. The van der Waals surface area contributed by atoms with E-state index in [4.69, 9.17) is 0 Å². The highest BCUT2D eigenvalue weighted by atomic mass is 19.1. The Kier molecular flexibility index (Phi) is 2.98. The smallest absolute Gasteiger partial charge is 0.259 e. The van der Waals surface area contributed by atoms with Crippen molar-refractivity contribution in [2.24, 2.45) is 0 Å². The van der Waals surface area contributed by atoms with Crippen LogP contribution in [0.1, 0.15) is 29.0 Å². The average Bonchev–Trinajstić information content (AvgIpc) is 2.83. The quantitative estimate of drug-likeness (QED) is 0.898. The molecule has 98 valence electrons. The summed E-state index contributed by atoms with van der Waals surface area (Å²) in [6.45, 7) is 0.837. The van der Waals surface area contributed by atoms with Crippen molar-refractivity contribution in [3.63, 3.8) is 0 Å². The predicted molar refractivity (Wildman–Crippen MR) is 67.3 cm³/mol. The third-order valence-electron chi connectivity index (χ3n) is 3.23. The summed E-state index contributed by atoms with van der Waals surface area (Å²) in [5, 5.41) is 2.70. The minimum absolute atomic E-state index is 0.0126. The third kappa shape index (κ3) is 2.21. The highest BCUT2D eigenvalue weighted by Gasteiger charge is 2.17. The molecule has 19 heavy (non-hydrogen) atoms. The van der Waals surface area contributed by atoms with Crippen molar-refractivity contribution in [2.45, 2.75) is 25.8 Å². The number of carbonyl (C=O) groups is 1. The Hall–Kier alpha value is -2.24. The van der Waals surface area contributed by atoms with E-state index in [0.29, 0.717) is 5.82 Å². The van der Waals surface area contributed by atoms with Gasteiger partial charge in [-0.3, -0.25) is 9.78 Å². The van der Waals surface area contributed by atoms with Gasteiger partial charge in [0.1, 0.15) is 11.6 Å². The molecule has 5 nitrogen and oxygen atoms in total. The average molecular weight is 260 g/mol. The molecule has 0 fully saturated rings. The number of aryl methyl sites for hydroxylation is 1. The molecule has 0 radical (unpaired) electrons. The second-order valence-corrected chi connectivity index (χ2v) is 4.48. The number of amides is 1. The fourth-order valence-electron chi connectivity index (χ4n) is 2.26. The zero-order valence-corrected chi connectivity index (χ0v) is 10.3. The minimum Gasteiger partial charge on any atom is -0.315 e. The number of anilines is 1. The summed E-state index contributed by atoms with van der Waals surface area (Å²) in [4.78, 5) is 19.9. The molecule has 2 aromatic heterocycles. The van der Waals surface area contributed by atoms with Gasteiger partial charge in [0.05, 0.1) is 18.0 Å². The first kappa shape index (κ1) is 11.8. The normalized spacial score (nSPS) is 13.9. The van der Waals surface area contributed by atoms with Crippen LogP contribution in [0.4, 0.5) is 10.2 Å². The van der Waals surface area contributed by atoms with E-state index in [1.807, 2.05) is 4.57 Å². The fourth-order valence-corrected chi connectivity index (χ4v) is 2.26. The molecule has 0 spiro atoms. The van der Waals surface area contributed by atoms with E-state index in [9.17, 15) is 9.18 Å². The molecular formula is C13H13FN4O. The highest BCUT2D eigenvalue weighted by Crippen LogP contribution is 2.20. The zero-order valence-electron chi connectivity index (χ0n) is 10.3. The molecule has 3 heterocycles. The first-order chi connectivity index (χ1) is 9.25. The number of halogens is 1. The summed E-state index contributed by atoms with van der Waals surface area (Å²) in [7, 11) is 0. The van der Waals surface area contributed by atoms with Crippen molar-refractivity contribution in [3.05, 3.63) is 41.9 Å². The second kappa shape index (κ2) is 4.79. The van der Waals surface area contributed by atoms with Crippen LogP contribution >= 0.6 is 0 Å². The number of pyridine rings is 1. The van der Waals surface area contributed by atoms with Gasteiger partial charge < -0.3 is 9.88 Å². The maximum Gasteiger partial charge on any atom is 0.259 e. The second-order valence-electron chi connectivity index (χ2n) is 4.48. The van der Waals surface area contributed by atoms with E-state index in [0.717, 1.165) is 37.8 Å². The molecule has 0 saturated carbocycles. The molecule has 1 aliphatic rings. The van der Waals surface area contributed by atoms with E-state index in [1.165, 1.54) is 12.3 Å². The van der Waals surface area contributed by atoms with Crippen molar-refractivity contribution in [1.82, 2.24) is 14.5 Å². The number of nitrogens with zero attached hydrogens (tertiary/aromatic N) is 3. The summed E-state index contributed by atoms with van der Waals surface area (Å²) in [5.41, 5.74) is -0.0126. The van der Waals surface area contributed by atoms with Crippen molar-refractivity contribution in [3.8, 4) is 0 Å². The van der Waals surface area contributed by atoms with E-state index in [-0.39, 0.29) is 5.56 Å². The van der Waals surface area contributed by atoms with Gasteiger partial charge >= 0.3 is 0 Å². The summed E-state index contributed by atoms with van der Waals surface area (Å²) in [6, 6.07) is 1.36. The number of hydrogen-bond acceptors (Lipinski definition) is 3. The Morgan fingerprint density at radius 2 is 2.26 bits per heavy atom. The zero-order chi connectivity index (χ0) is 13.2. The van der Waals surface area contributed by atoms with Gasteiger partial charge in [-0.2, -0.15) is 0 Å². The molecule has 3 rings (SSSR count). The van der Waals surface area contributed by atoms with E-state index in [2.05, 4.69) is 15.3 Å². The number of hydrogen-bond donors (Lipinski definition) is 1. The molecule has 0 aliphatic carbocycles. The number of fused-ring (bicyclic) bond motifs is 1. The molecule has 0 atom stereocenters. The summed E-state index contributed by atoms with van der Waals surface area (Å²) < 4.78 is 15.4. The Balaban J connectivity index is 1.84. The Labute approximate surface area is 109 Å². The molecule has 0 saturated heterocycles. The standard InChI is InChI=1S/C13H13FN4O/c14-10-7-15-5-4-9(10)13(19)17-12-8-16-11-3-1-2-6-18(11)12/h4-5,7-8H,1-3,6H2,(H,17,19). The summed E-state index contributed by atoms with van der Waals surface area (Å²) >= 11 is 0. The van der Waals surface area contributed by atoms with Crippen molar-refractivity contribution < 1.29 is 9.18 Å². The van der Waals surface area contributed by atoms with Crippen LogP contribution in [-0.2, 0) is 13.0 Å². The molecule has 0 unspecified atom stereocenters. The molecule has 1 aliphatic heterocycles. The van der Waals surface area contributed by atoms with Gasteiger partial charge in [0.2, 0.25) is 0 Å². The predicted octanol–water partition coefficient (Wildman–Crippen LogP) is 2.01. The van der Waals surface area contributed by atoms with Crippen LogP contribution < -0.4 is 5.32 Å². The molecule has 2 aromatic rings. The third-order valence-corrected chi connectivity index (χ3v) is 3.23. The van der Waals surface area contributed by atoms with Crippen LogP contribution in [0.5, 0.6) is 0 Å². The molecule has 0 bridgehead atoms. The van der Waals surface area contributed by atoms with Gasteiger partial charge in [0, 0.05) is 19.2 Å². The van der Waals surface area contributed by atoms with Crippen LogP contribution in [0.3, 0.4) is 0 Å². The lowest BCUT2D eigenvalue weighted by atomic mass is 10.2. The van der Waals surface area contributed by atoms with Gasteiger partial charge in [0.15, 0.2) is 5.82 Å². The van der Waals surface area contributed by atoms with Crippen molar-refractivity contribution in [2.75, 3.05) is 5.32 Å². The minimum atomic E-state index is -0.626. The van der Waals surface area contributed by atoms with Gasteiger partial charge in [-0.15, -0.1) is 0 Å². The summed E-state index contributed by atoms with van der Waals surface area (Å²) in [6.07, 6.45) is 7.14. The van der Waals surface area contributed by atoms with Gasteiger partial charge in [-0.25, -0.2) is 9.37 Å². The lowest BCUT2D eigenvalue weighted by Gasteiger charge is -2.16. The topological polar surface area (TPSA) is 59.8 Å². The van der Waals surface area contributed by atoms with Gasteiger partial charge in [0.25, 0.3) is 5.91 Å². The highest BCUT2D eigenvalue weighted by molar-refractivity contribution is 6.03. The lowest BCUT2D eigenvalue weighted by Crippen LogP contribution is -2.19. The lowest BCUT2D eigenvalue weighted by molar-refractivity contribution is 0.102. The summed E-state index contributed by atoms with van der Waals surface area (Å²) in [5.74, 6) is 0.485. The van der Waals surface area contributed by atoms with Crippen LogP contribution in [0.15, 0.2) is 24.7 Å². The maximum atomic E-state index is 13.5. The van der Waals surface area contributed by atoms with Gasteiger partial charge in [-0.05, 0) is 18.9 Å². The van der Waals surface area contributed by atoms with Crippen LogP contribution in [-0.4, -0.2) is 20.4 Å². The maximum absolute atomic E-state index is 13.5. The van der Waals surface area contributed by atoms with Crippen LogP contribution in [0.25, 0.3) is 0 Å². The molecule has 6 heteroatoms. The van der Waals surface area contributed by atoms with Crippen molar-refractivity contribution >= 4 is 11.7 Å². The Bertz CT molecular complexity index is 623. The van der Waals surface area contributed by atoms with Gasteiger partial charge in [-0.1, -0.05) is 0 Å². The number of nitrogens with one attached hydrogen (secondary N) is 1. The Morgan fingerprint density at radius 1 is 1.37 bits per heavy atom. The monoisotopic (exact) mass is 260 g/mol. The first-order valence-electron chi connectivity index (χ1n) is 6.21.